The third kappa shape index (κ3) is 3.93. The summed E-state index contributed by atoms with van der Waals surface area (Å²) in [5.41, 5.74) is 1.01. The van der Waals surface area contributed by atoms with E-state index in [9.17, 15) is 4.39 Å². The van der Waals surface area contributed by atoms with Gasteiger partial charge in [-0.25, -0.2) is 4.39 Å². The van der Waals surface area contributed by atoms with Crippen molar-refractivity contribution in [3.8, 4) is 5.75 Å². The van der Waals surface area contributed by atoms with Gasteiger partial charge < -0.3 is 10.1 Å². The maximum absolute atomic E-state index is 13.1. The highest BCUT2D eigenvalue weighted by atomic mass is 19.1. The van der Waals surface area contributed by atoms with Crippen LogP contribution in [0.2, 0.25) is 0 Å². The van der Waals surface area contributed by atoms with Crippen LogP contribution in [0.15, 0.2) is 18.2 Å². The van der Waals surface area contributed by atoms with Gasteiger partial charge in [0.15, 0.2) is 0 Å². The van der Waals surface area contributed by atoms with E-state index in [1.54, 1.807) is 12.1 Å². The largest absolute Gasteiger partial charge is 0.490 e. The molecule has 19 heavy (non-hydrogen) atoms. The average Bonchev–Trinajstić information content (AvgIpc) is 2.81. The Kier molecular flexibility index (Phi) is 5.20. The molecule has 0 amide bonds. The van der Waals surface area contributed by atoms with E-state index in [-0.39, 0.29) is 11.9 Å². The first-order valence-corrected chi connectivity index (χ1v) is 7.41. The number of hydrogen-bond acceptors (Lipinski definition) is 2. The van der Waals surface area contributed by atoms with Crippen LogP contribution in [0, 0.1) is 5.82 Å². The molecular formula is C16H24FNO. The van der Waals surface area contributed by atoms with Gasteiger partial charge in [-0.05, 0) is 50.4 Å². The SMILES string of the molecule is CCCNC(CC)CCC1Cc2cc(F)ccc2O1. The van der Waals surface area contributed by atoms with Gasteiger partial charge >= 0.3 is 0 Å². The predicted octanol–water partition coefficient (Wildman–Crippen LogP) is 3.69. The number of fused-ring (bicyclic) bond motifs is 1. The topological polar surface area (TPSA) is 21.3 Å². The Bertz CT molecular complexity index is 408. The third-order valence-corrected chi connectivity index (χ3v) is 3.78. The number of rotatable bonds is 7. The van der Waals surface area contributed by atoms with Crippen molar-refractivity contribution in [1.29, 1.82) is 0 Å². The number of nitrogens with one attached hydrogen (secondary N) is 1. The van der Waals surface area contributed by atoms with Gasteiger partial charge in [0.05, 0.1) is 0 Å². The Morgan fingerprint density at radius 1 is 1.42 bits per heavy atom. The maximum atomic E-state index is 13.1. The highest BCUT2D eigenvalue weighted by Gasteiger charge is 2.23. The van der Waals surface area contributed by atoms with Gasteiger partial charge in [-0.3, -0.25) is 0 Å². The molecule has 0 aliphatic carbocycles. The quantitative estimate of drug-likeness (QED) is 0.812. The second-order valence-electron chi connectivity index (χ2n) is 5.33. The molecule has 1 aliphatic heterocycles. The van der Waals surface area contributed by atoms with E-state index in [1.807, 2.05) is 0 Å². The molecule has 0 radical (unpaired) electrons. The molecule has 1 heterocycles. The summed E-state index contributed by atoms with van der Waals surface area (Å²) in [4.78, 5) is 0. The van der Waals surface area contributed by atoms with E-state index < -0.39 is 0 Å². The summed E-state index contributed by atoms with van der Waals surface area (Å²) in [5, 5.41) is 3.56. The normalized spacial score (nSPS) is 19.0. The van der Waals surface area contributed by atoms with Crippen LogP contribution in [-0.4, -0.2) is 18.7 Å². The maximum Gasteiger partial charge on any atom is 0.123 e. The molecule has 0 fully saturated rings. The molecule has 0 spiro atoms. The van der Waals surface area contributed by atoms with E-state index in [0.717, 1.165) is 43.5 Å². The van der Waals surface area contributed by atoms with Gasteiger partial charge in [0.1, 0.15) is 17.7 Å². The highest BCUT2D eigenvalue weighted by Crippen LogP contribution is 2.31. The van der Waals surface area contributed by atoms with Crippen LogP contribution in [0.4, 0.5) is 4.39 Å². The minimum absolute atomic E-state index is 0.168. The summed E-state index contributed by atoms with van der Waals surface area (Å²) in [6, 6.07) is 5.39. The highest BCUT2D eigenvalue weighted by molar-refractivity contribution is 5.37. The smallest absolute Gasteiger partial charge is 0.123 e. The minimum atomic E-state index is -0.168. The lowest BCUT2D eigenvalue weighted by molar-refractivity contribution is 0.210. The Labute approximate surface area is 115 Å². The minimum Gasteiger partial charge on any atom is -0.490 e. The lowest BCUT2D eigenvalue weighted by Crippen LogP contribution is -2.30. The zero-order valence-corrected chi connectivity index (χ0v) is 11.9. The monoisotopic (exact) mass is 265 g/mol. The van der Waals surface area contributed by atoms with E-state index >= 15 is 0 Å². The van der Waals surface area contributed by atoms with Crippen LogP contribution in [0.1, 0.15) is 45.1 Å². The Balaban J connectivity index is 1.80. The Morgan fingerprint density at radius 2 is 2.26 bits per heavy atom. The molecule has 0 aromatic heterocycles. The first-order valence-electron chi connectivity index (χ1n) is 7.41. The first kappa shape index (κ1) is 14.3. The number of ether oxygens (including phenoxy) is 1. The molecule has 3 heteroatoms. The summed E-state index contributed by atoms with van der Waals surface area (Å²) >= 11 is 0. The molecule has 0 saturated carbocycles. The van der Waals surface area contributed by atoms with Crippen LogP contribution < -0.4 is 10.1 Å². The second-order valence-corrected chi connectivity index (χ2v) is 5.33. The molecule has 1 aromatic rings. The van der Waals surface area contributed by atoms with Crippen molar-refractivity contribution in [3.63, 3.8) is 0 Å². The second kappa shape index (κ2) is 6.90. The summed E-state index contributed by atoms with van der Waals surface area (Å²) in [6.07, 6.45) is 5.53. The summed E-state index contributed by atoms with van der Waals surface area (Å²) in [7, 11) is 0. The number of hydrogen-bond donors (Lipinski definition) is 1. The van der Waals surface area contributed by atoms with Gasteiger partial charge in [0.2, 0.25) is 0 Å². The number of halogens is 1. The molecule has 1 aliphatic rings. The summed E-state index contributed by atoms with van der Waals surface area (Å²) in [6.45, 7) is 5.48. The molecule has 2 nitrogen and oxygen atoms in total. The van der Waals surface area contributed by atoms with Crippen molar-refractivity contribution in [3.05, 3.63) is 29.6 Å². The van der Waals surface area contributed by atoms with Gasteiger partial charge in [-0.1, -0.05) is 13.8 Å². The van der Waals surface area contributed by atoms with Gasteiger partial charge in [0, 0.05) is 18.0 Å². The van der Waals surface area contributed by atoms with E-state index in [0.29, 0.717) is 6.04 Å². The van der Waals surface area contributed by atoms with Crippen LogP contribution in [0.5, 0.6) is 5.75 Å². The summed E-state index contributed by atoms with van der Waals surface area (Å²) < 4.78 is 19.0. The van der Waals surface area contributed by atoms with Crippen molar-refractivity contribution >= 4 is 0 Å². The molecule has 2 unspecified atom stereocenters. The van der Waals surface area contributed by atoms with Crippen molar-refractivity contribution in [2.45, 2.75) is 58.1 Å². The molecular weight excluding hydrogens is 241 g/mol. The molecule has 0 saturated heterocycles. The van der Waals surface area contributed by atoms with Crippen LogP contribution in [-0.2, 0) is 6.42 Å². The van der Waals surface area contributed by atoms with E-state index in [4.69, 9.17) is 4.74 Å². The average molecular weight is 265 g/mol. The van der Waals surface area contributed by atoms with Crippen molar-refractivity contribution in [1.82, 2.24) is 5.32 Å². The third-order valence-electron chi connectivity index (χ3n) is 3.78. The van der Waals surface area contributed by atoms with Crippen molar-refractivity contribution < 1.29 is 9.13 Å². The first-order chi connectivity index (χ1) is 9.22. The van der Waals surface area contributed by atoms with Gasteiger partial charge in [-0.2, -0.15) is 0 Å². The fraction of sp³-hybridized carbons (Fsp3) is 0.625. The van der Waals surface area contributed by atoms with Gasteiger partial charge in [0.25, 0.3) is 0 Å². The standard InChI is InChI=1S/C16H24FNO/c1-3-9-18-14(4-2)6-7-15-11-12-10-13(17)5-8-16(12)19-15/h5,8,10,14-15,18H,3-4,6-7,9,11H2,1-2H3. The molecule has 2 rings (SSSR count). The fourth-order valence-corrected chi connectivity index (χ4v) is 2.64. The lowest BCUT2D eigenvalue weighted by Gasteiger charge is -2.18. The molecule has 0 bridgehead atoms. The van der Waals surface area contributed by atoms with Crippen LogP contribution in [0.3, 0.4) is 0 Å². The lowest BCUT2D eigenvalue weighted by atomic mass is 10.0. The Morgan fingerprint density at radius 3 is 3.00 bits per heavy atom. The van der Waals surface area contributed by atoms with E-state index in [2.05, 4.69) is 19.2 Å². The van der Waals surface area contributed by atoms with E-state index in [1.165, 1.54) is 12.5 Å². The Hall–Kier alpha value is -1.09. The number of benzene rings is 1. The van der Waals surface area contributed by atoms with Crippen LogP contribution in [0.25, 0.3) is 0 Å². The summed E-state index contributed by atoms with van der Waals surface area (Å²) in [5.74, 6) is 0.694. The molecule has 1 N–H and O–H groups in total. The van der Waals surface area contributed by atoms with Crippen molar-refractivity contribution in [2.75, 3.05) is 6.54 Å². The van der Waals surface area contributed by atoms with Gasteiger partial charge in [-0.15, -0.1) is 0 Å². The fourth-order valence-electron chi connectivity index (χ4n) is 2.64. The molecule has 106 valence electrons. The molecule has 1 aromatic carbocycles. The van der Waals surface area contributed by atoms with Crippen molar-refractivity contribution in [2.24, 2.45) is 0 Å². The predicted molar refractivity (Wildman–Crippen MR) is 76.1 cm³/mol. The van der Waals surface area contributed by atoms with Crippen LogP contribution >= 0.6 is 0 Å². The zero-order chi connectivity index (χ0) is 13.7. The molecule has 2 atom stereocenters. The zero-order valence-electron chi connectivity index (χ0n) is 11.9.